The lowest BCUT2D eigenvalue weighted by Gasteiger charge is -2.42. The molecule has 3 aromatic rings. The van der Waals surface area contributed by atoms with E-state index in [1.807, 2.05) is 24.4 Å². The maximum absolute atomic E-state index is 12.8. The molecule has 1 atom stereocenters. The standard InChI is InChI=1S/C25H32N6O/c32-25(27-12-8-19-5-2-1-3-6-19)20-7-4-14-31(17-20)21-10-15-30(16-11-21)24-22-9-13-26-23(22)28-18-29-24/h1-3,5-6,9,13,18,20-21H,4,7-8,10-12,14-17H2,(H,27,32)(H,26,28,29). The Morgan fingerprint density at radius 3 is 2.75 bits per heavy atom. The molecular formula is C25H32N6O. The van der Waals surface area contributed by atoms with Gasteiger partial charge in [0.25, 0.3) is 0 Å². The zero-order valence-corrected chi connectivity index (χ0v) is 18.5. The number of likely N-dealkylation sites (tertiary alicyclic amines) is 1. The number of hydrogen-bond acceptors (Lipinski definition) is 5. The Morgan fingerprint density at radius 1 is 1.06 bits per heavy atom. The van der Waals surface area contributed by atoms with E-state index < -0.39 is 0 Å². The highest BCUT2D eigenvalue weighted by Gasteiger charge is 2.32. The van der Waals surface area contributed by atoms with Crippen molar-refractivity contribution in [2.45, 2.75) is 38.1 Å². The number of aromatic amines is 1. The number of carbonyl (C=O) groups is 1. The van der Waals surface area contributed by atoms with E-state index in [0.717, 1.165) is 75.1 Å². The van der Waals surface area contributed by atoms with Crippen molar-refractivity contribution in [2.24, 2.45) is 5.92 Å². The molecular weight excluding hydrogens is 400 g/mol. The van der Waals surface area contributed by atoms with Crippen LogP contribution in [0.1, 0.15) is 31.2 Å². The lowest BCUT2D eigenvalue weighted by atomic mass is 9.93. The molecule has 0 bridgehead atoms. The third-order valence-electron chi connectivity index (χ3n) is 6.99. The van der Waals surface area contributed by atoms with E-state index >= 15 is 0 Å². The summed E-state index contributed by atoms with van der Waals surface area (Å²) in [4.78, 5) is 29.8. The van der Waals surface area contributed by atoms with E-state index in [1.54, 1.807) is 6.33 Å². The van der Waals surface area contributed by atoms with E-state index in [2.05, 4.69) is 48.3 Å². The number of rotatable bonds is 6. The van der Waals surface area contributed by atoms with Gasteiger partial charge in [-0.1, -0.05) is 30.3 Å². The minimum Gasteiger partial charge on any atom is -0.356 e. The third-order valence-corrected chi connectivity index (χ3v) is 6.99. The van der Waals surface area contributed by atoms with Gasteiger partial charge < -0.3 is 15.2 Å². The van der Waals surface area contributed by atoms with Crippen molar-refractivity contribution >= 4 is 22.8 Å². The van der Waals surface area contributed by atoms with Crippen LogP contribution in [0.3, 0.4) is 0 Å². The molecule has 7 heteroatoms. The van der Waals surface area contributed by atoms with Crippen molar-refractivity contribution in [3.63, 3.8) is 0 Å². The minimum absolute atomic E-state index is 0.110. The highest BCUT2D eigenvalue weighted by molar-refractivity contribution is 5.87. The zero-order chi connectivity index (χ0) is 21.8. The summed E-state index contributed by atoms with van der Waals surface area (Å²) in [6, 6.07) is 13.0. The van der Waals surface area contributed by atoms with Crippen LogP contribution in [-0.2, 0) is 11.2 Å². The summed E-state index contributed by atoms with van der Waals surface area (Å²) in [7, 11) is 0. The van der Waals surface area contributed by atoms with Crippen LogP contribution in [0.5, 0.6) is 0 Å². The maximum atomic E-state index is 12.8. The van der Waals surface area contributed by atoms with Gasteiger partial charge in [-0.2, -0.15) is 0 Å². The van der Waals surface area contributed by atoms with Gasteiger partial charge in [-0.25, -0.2) is 9.97 Å². The maximum Gasteiger partial charge on any atom is 0.224 e. The number of nitrogens with zero attached hydrogens (tertiary/aromatic N) is 4. The monoisotopic (exact) mass is 432 g/mol. The zero-order valence-electron chi connectivity index (χ0n) is 18.5. The number of benzene rings is 1. The fraction of sp³-hybridized carbons (Fsp3) is 0.480. The van der Waals surface area contributed by atoms with Crippen LogP contribution in [0.2, 0.25) is 0 Å². The molecule has 0 aliphatic carbocycles. The van der Waals surface area contributed by atoms with Crippen molar-refractivity contribution in [3.8, 4) is 0 Å². The van der Waals surface area contributed by atoms with Crippen LogP contribution < -0.4 is 10.2 Å². The van der Waals surface area contributed by atoms with Gasteiger partial charge in [-0.3, -0.25) is 9.69 Å². The molecule has 1 aromatic carbocycles. The van der Waals surface area contributed by atoms with Crippen molar-refractivity contribution in [1.29, 1.82) is 0 Å². The number of nitrogens with one attached hydrogen (secondary N) is 2. The number of piperidine rings is 2. The second-order valence-corrected chi connectivity index (χ2v) is 9.02. The topological polar surface area (TPSA) is 77.2 Å². The fourth-order valence-electron chi connectivity index (χ4n) is 5.22. The van der Waals surface area contributed by atoms with E-state index in [-0.39, 0.29) is 11.8 Å². The van der Waals surface area contributed by atoms with Gasteiger partial charge in [0, 0.05) is 38.4 Å². The van der Waals surface area contributed by atoms with Crippen molar-refractivity contribution < 1.29 is 4.79 Å². The second kappa shape index (κ2) is 9.69. The molecule has 2 saturated heterocycles. The lowest BCUT2D eigenvalue weighted by molar-refractivity contribution is -0.127. The Balaban J connectivity index is 1.12. The molecule has 1 amide bonds. The van der Waals surface area contributed by atoms with Gasteiger partial charge in [-0.15, -0.1) is 0 Å². The molecule has 7 nitrogen and oxygen atoms in total. The van der Waals surface area contributed by atoms with Gasteiger partial charge in [-0.05, 0) is 50.3 Å². The van der Waals surface area contributed by atoms with Gasteiger partial charge in [0.15, 0.2) is 0 Å². The molecule has 32 heavy (non-hydrogen) atoms. The summed E-state index contributed by atoms with van der Waals surface area (Å²) in [5.74, 6) is 1.36. The van der Waals surface area contributed by atoms with E-state index in [0.29, 0.717) is 12.6 Å². The number of amides is 1. The highest BCUT2D eigenvalue weighted by Crippen LogP contribution is 2.28. The molecule has 4 heterocycles. The number of H-pyrrole nitrogens is 1. The summed E-state index contributed by atoms with van der Waals surface area (Å²) in [6.07, 6.45) is 8.78. The number of fused-ring (bicyclic) bond motifs is 1. The first-order valence-corrected chi connectivity index (χ1v) is 11.9. The van der Waals surface area contributed by atoms with E-state index in [4.69, 9.17) is 0 Å². The SMILES string of the molecule is O=C(NCCc1ccccc1)C1CCCN(C2CCN(c3ncnc4[nH]ccc34)CC2)C1. The molecule has 2 aliphatic heterocycles. The Labute approximate surface area is 189 Å². The van der Waals surface area contributed by atoms with E-state index in [1.165, 1.54) is 5.56 Å². The first-order chi connectivity index (χ1) is 15.8. The lowest BCUT2D eigenvalue weighted by Crippen LogP contribution is -2.51. The average molecular weight is 433 g/mol. The quantitative estimate of drug-likeness (QED) is 0.626. The number of hydrogen-bond donors (Lipinski definition) is 2. The molecule has 2 aromatic heterocycles. The minimum atomic E-state index is 0.110. The molecule has 168 valence electrons. The Morgan fingerprint density at radius 2 is 1.91 bits per heavy atom. The molecule has 1 unspecified atom stereocenters. The first-order valence-electron chi connectivity index (χ1n) is 11.9. The predicted molar refractivity (Wildman–Crippen MR) is 127 cm³/mol. The second-order valence-electron chi connectivity index (χ2n) is 9.02. The van der Waals surface area contributed by atoms with Crippen LogP contribution in [0, 0.1) is 5.92 Å². The first kappa shape index (κ1) is 20.9. The normalized spacial score (nSPS) is 20.5. The summed E-state index contributed by atoms with van der Waals surface area (Å²) in [5.41, 5.74) is 2.17. The number of aromatic nitrogens is 3. The van der Waals surface area contributed by atoms with Crippen molar-refractivity contribution in [2.75, 3.05) is 37.6 Å². The Kier molecular flexibility index (Phi) is 6.34. The van der Waals surface area contributed by atoms with Gasteiger partial charge >= 0.3 is 0 Å². The van der Waals surface area contributed by atoms with Crippen LogP contribution in [0.15, 0.2) is 48.9 Å². The summed E-state index contributed by atoms with van der Waals surface area (Å²) >= 11 is 0. The van der Waals surface area contributed by atoms with Crippen molar-refractivity contribution in [1.82, 2.24) is 25.2 Å². The Hall–Kier alpha value is -2.93. The third kappa shape index (κ3) is 4.63. The highest BCUT2D eigenvalue weighted by atomic mass is 16.1. The molecule has 2 N–H and O–H groups in total. The van der Waals surface area contributed by atoms with Crippen molar-refractivity contribution in [3.05, 3.63) is 54.5 Å². The summed E-state index contributed by atoms with van der Waals surface area (Å²) in [5, 5.41) is 4.27. The number of carbonyl (C=O) groups excluding carboxylic acids is 1. The van der Waals surface area contributed by atoms with Gasteiger partial charge in [0.2, 0.25) is 5.91 Å². The van der Waals surface area contributed by atoms with Crippen LogP contribution >= 0.6 is 0 Å². The smallest absolute Gasteiger partial charge is 0.224 e. The summed E-state index contributed by atoms with van der Waals surface area (Å²) < 4.78 is 0. The Bertz CT molecular complexity index is 1030. The number of anilines is 1. The molecule has 0 radical (unpaired) electrons. The molecule has 0 spiro atoms. The molecule has 0 saturated carbocycles. The van der Waals surface area contributed by atoms with Gasteiger partial charge in [0.05, 0.1) is 11.3 Å². The fourth-order valence-corrected chi connectivity index (χ4v) is 5.22. The van der Waals surface area contributed by atoms with Gasteiger partial charge in [0.1, 0.15) is 17.8 Å². The van der Waals surface area contributed by atoms with Crippen LogP contribution in [0.4, 0.5) is 5.82 Å². The van der Waals surface area contributed by atoms with E-state index in [9.17, 15) is 4.79 Å². The molecule has 2 aliphatic rings. The summed E-state index contributed by atoms with van der Waals surface area (Å²) in [6.45, 7) is 4.69. The molecule has 2 fully saturated rings. The molecule has 5 rings (SSSR count). The van der Waals surface area contributed by atoms with Crippen LogP contribution in [-0.4, -0.2) is 64.5 Å². The van der Waals surface area contributed by atoms with Crippen LogP contribution in [0.25, 0.3) is 11.0 Å². The predicted octanol–water partition coefficient (Wildman–Crippen LogP) is 3.00. The largest absolute Gasteiger partial charge is 0.356 e. The average Bonchev–Trinajstić information content (AvgIpc) is 3.34.